The van der Waals surface area contributed by atoms with Gasteiger partial charge in [0.2, 0.25) is 6.41 Å². The van der Waals surface area contributed by atoms with Crippen molar-refractivity contribution in [2.24, 2.45) is 5.92 Å². The highest BCUT2D eigenvalue weighted by Crippen LogP contribution is 2.41. The molecule has 1 aromatic heterocycles. The summed E-state index contributed by atoms with van der Waals surface area (Å²) in [6.45, 7) is 5.70. The smallest absolute Gasteiger partial charge is 0.218 e. The summed E-state index contributed by atoms with van der Waals surface area (Å²) >= 11 is 6.49. The zero-order valence-electron chi connectivity index (χ0n) is 22.0. The molecule has 0 spiro atoms. The molecule has 2 heterocycles. The number of nitrogens with zero attached hydrogens (tertiary/aromatic N) is 4. The number of benzene rings is 2. The summed E-state index contributed by atoms with van der Waals surface area (Å²) in [4.78, 5) is 21.4. The number of phenolic OH excluding ortho intramolecular Hbond substituents is 1. The average Bonchev–Trinajstić information content (AvgIpc) is 3.33. The molecule has 0 aliphatic carbocycles. The third-order valence-corrected chi connectivity index (χ3v) is 6.36. The molecule has 0 saturated carbocycles. The molecule has 1 N–H and O–H groups in total. The van der Waals surface area contributed by atoms with E-state index in [1.807, 2.05) is 20.2 Å². The minimum atomic E-state index is -0.482. The molecule has 0 bridgehead atoms. The van der Waals surface area contributed by atoms with E-state index in [-0.39, 0.29) is 10.8 Å². The summed E-state index contributed by atoms with van der Waals surface area (Å²) in [6, 6.07) is 11.2. The molecule has 8 heteroatoms. The minimum absolute atomic E-state index is 0.0538. The summed E-state index contributed by atoms with van der Waals surface area (Å²) in [5, 5.41) is 11.4. The summed E-state index contributed by atoms with van der Waals surface area (Å²) < 4.78 is 14.7. The van der Waals surface area contributed by atoms with Crippen LogP contribution in [0.2, 0.25) is 5.02 Å². The van der Waals surface area contributed by atoms with E-state index in [2.05, 4.69) is 29.2 Å². The second kappa shape index (κ2) is 13.0. The molecule has 198 valence electrons. The van der Waals surface area contributed by atoms with Gasteiger partial charge in [-0.1, -0.05) is 24.6 Å². The number of aromatic hydroxyl groups is 1. The first-order chi connectivity index (χ1) is 18.2. The Kier molecular flexibility index (Phi) is 9.75. The minimum Gasteiger partial charge on any atom is -0.507 e. The Morgan fingerprint density at radius 3 is 2.37 bits per heavy atom. The molecule has 6 nitrogen and oxygen atoms in total. The van der Waals surface area contributed by atoms with Crippen LogP contribution in [0.3, 0.4) is 0 Å². The lowest BCUT2D eigenvalue weighted by Crippen LogP contribution is -2.20. The predicted octanol–water partition coefficient (Wildman–Crippen LogP) is 6.40. The Morgan fingerprint density at radius 2 is 1.82 bits per heavy atom. The zero-order valence-corrected chi connectivity index (χ0v) is 22.8. The lowest BCUT2D eigenvalue weighted by atomic mass is 9.97. The number of hydrogen-bond acceptors (Lipinski definition) is 5. The molecule has 2 aromatic carbocycles. The van der Waals surface area contributed by atoms with Crippen LogP contribution in [0, 0.1) is 24.1 Å². The number of phenols is 1. The third kappa shape index (κ3) is 6.84. The normalized spacial score (nSPS) is 14.6. The number of aromatic nitrogens is 1. The molecular formula is C30H32ClFN4O2. The molecule has 1 fully saturated rings. The molecule has 1 atom stereocenters. The van der Waals surface area contributed by atoms with Gasteiger partial charge in [-0.15, -0.1) is 12.3 Å². The average molecular weight is 535 g/mol. The molecule has 1 unspecified atom stereocenters. The number of carbonyl (C=O) groups excluding carboxylic acids is 1. The van der Waals surface area contributed by atoms with Gasteiger partial charge >= 0.3 is 0 Å². The maximum atomic E-state index is 14.7. The van der Waals surface area contributed by atoms with Gasteiger partial charge in [-0.2, -0.15) is 0 Å². The van der Waals surface area contributed by atoms with Crippen LogP contribution < -0.4 is 9.80 Å². The van der Waals surface area contributed by atoms with E-state index in [9.17, 15) is 14.3 Å². The van der Waals surface area contributed by atoms with Crippen LogP contribution >= 0.6 is 11.6 Å². The van der Waals surface area contributed by atoms with Gasteiger partial charge in [0.1, 0.15) is 17.4 Å². The van der Waals surface area contributed by atoms with E-state index in [1.54, 1.807) is 54.7 Å². The van der Waals surface area contributed by atoms with E-state index < -0.39 is 5.82 Å². The highest BCUT2D eigenvalue weighted by molar-refractivity contribution is 6.34. The maximum absolute atomic E-state index is 14.7. The fourth-order valence-corrected chi connectivity index (χ4v) is 4.48. The Bertz CT molecular complexity index is 1350. The predicted molar refractivity (Wildman–Crippen MR) is 154 cm³/mol. The van der Waals surface area contributed by atoms with Gasteiger partial charge in [0.25, 0.3) is 0 Å². The van der Waals surface area contributed by atoms with Gasteiger partial charge in [0.15, 0.2) is 0 Å². The molecule has 1 aliphatic heterocycles. The summed E-state index contributed by atoms with van der Waals surface area (Å²) in [5.74, 6) is 3.12. The molecule has 3 aromatic rings. The fourth-order valence-electron chi connectivity index (χ4n) is 4.20. The van der Waals surface area contributed by atoms with Crippen molar-refractivity contribution >= 4 is 29.5 Å². The van der Waals surface area contributed by atoms with E-state index in [0.29, 0.717) is 40.3 Å². The summed E-state index contributed by atoms with van der Waals surface area (Å²) in [7, 11) is 3.68. The number of anilines is 2. The third-order valence-electron chi connectivity index (χ3n) is 6.05. The van der Waals surface area contributed by atoms with Gasteiger partial charge in [0.05, 0.1) is 10.7 Å². The molecule has 4 rings (SSSR count). The first-order valence-corrected chi connectivity index (χ1v) is 12.6. The monoisotopic (exact) mass is 534 g/mol. The number of terminal acetylenes is 1. The van der Waals surface area contributed by atoms with Crippen LogP contribution in [0.4, 0.5) is 15.9 Å². The number of amides is 1. The van der Waals surface area contributed by atoms with Gasteiger partial charge < -0.3 is 14.9 Å². The van der Waals surface area contributed by atoms with E-state index in [0.717, 1.165) is 25.3 Å². The van der Waals surface area contributed by atoms with E-state index >= 15 is 0 Å². The first kappa shape index (κ1) is 28.5. The molecular weight excluding hydrogens is 503 g/mol. The Morgan fingerprint density at radius 1 is 1.16 bits per heavy atom. The number of carbonyl (C=O) groups is 1. The van der Waals surface area contributed by atoms with Gasteiger partial charge in [0, 0.05) is 56.9 Å². The van der Waals surface area contributed by atoms with Crippen molar-refractivity contribution in [3.05, 3.63) is 71.9 Å². The second-order valence-corrected chi connectivity index (χ2v) is 9.73. The van der Waals surface area contributed by atoms with E-state index in [1.165, 1.54) is 17.0 Å². The van der Waals surface area contributed by atoms with Crippen molar-refractivity contribution in [3.63, 3.8) is 0 Å². The highest BCUT2D eigenvalue weighted by atomic mass is 35.5. The summed E-state index contributed by atoms with van der Waals surface area (Å²) in [5.41, 5.74) is 2.36. The molecule has 1 saturated heterocycles. The topological polar surface area (TPSA) is 59.9 Å². The van der Waals surface area contributed by atoms with Crippen LogP contribution in [0.15, 0.2) is 61.1 Å². The van der Waals surface area contributed by atoms with Gasteiger partial charge in [-0.25, -0.2) is 9.37 Å². The number of pyridine rings is 1. The molecule has 0 radical (unpaired) electrons. The molecule has 38 heavy (non-hydrogen) atoms. The first-order valence-electron chi connectivity index (χ1n) is 12.2. The number of hydrogen-bond donors (Lipinski definition) is 1. The zero-order chi connectivity index (χ0) is 27.8. The quantitative estimate of drug-likeness (QED) is 0.281. The largest absolute Gasteiger partial charge is 0.507 e. The summed E-state index contributed by atoms with van der Waals surface area (Å²) in [6.07, 6.45) is 11.3. The Balaban J connectivity index is 0.00000127. The SMILES string of the molecule is C#CC.CC1CCN(c2cc(-c3cc(F)cc(-c4ccc(N(C=O)/C=C\N(C)C)c(Cl)c4)c3O)ccn2)C1. The van der Waals surface area contributed by atoms with Crippen LogP contribution in [-0.4, -0.2) is 48.6 Å². The van der Waals surface area contributed by atoms with Crippen molar-refractivity contribution < 1.29 is 14.3 Å². The lowest BCUT2D eigenvalue weighted by Gasteiger charge is -2.19. The Labute approximate surface area is 229 Å². The molecule has 1 amide bonds. The van der Waals surface area contributed by atoms with Crippen LogP contribution in [-0.2, 0) is 4.79 Å². The van der Waals surface area contributed by atoms with Crippen molar-refractivity contribution in [1.82, 2.24) is 9.88 Å². The van der Waals surface area contributed by atoms with Crippen molar-refractivity contribution in [1.29, 1.82) is 0 Å². The Hall–Kier alpha value is -4.02. The second-order valence-electron chi connectivity index (χ2n) is 9.32. The van der Waals surface area contributed by atoms with Gasteiger partial charge in [-0.3, -0.25) is 9.69 Å². The lowest BCUT2D eigenvalue weighted by molar-refractivity contribution is -0.106. The maximum Gasteiger partial charge on any atom is 0.218 e. The fraction of sp³-hybridized carbons (Fsp3) is 0.267. The number of halogens is 2. The highest BCUT2D eigenvalue weighted by Gasteiger charge is 2.21. The van der Waals surface area contributed by atoms with Crippen LogP contribution in [0.5, 0.6) is 5.75 Å². The van der Waals surface area contributed by atoms with Gasteiger partial charge in [-0.05, 0) is 66.8 Å². The van der Waals surface area contributed by atoms with Crippen LogP contribution in [0.1, 0.15) is 20.3 Å². The molecule has 1 aliphatic rings. The van der Waals surface area contributed by atoms with Crippen molar-refractivity contribution in [2.75, 3.05) is 37.0 Å². The standard InChI is InChI=1S/C27H28ClFN4O2.C3H4/c1-18-7-9-32(16-18)26-13-20(6-8-30-26)23-15-21(29)14-22(27(23)35)19-4-5-25(24(28)12-19)33(17-34)11-10-31(2)3;1-3-2/h4-6,8,10-15,17-18,35H,7,9,16H2,1-3H3;1H,2H3/b11-10-;. The van der Waals surface area contributed by atoms with Crippen molar-refractivity contribution in [2.45, 2.75) is 20.3 Å². The van der Waals surface area contributed by atoms with E-state index in [4.69, 9.17) is 11.6 Å². The van der Waals surface area contributed by atoms with Crippen molar-refractivity contribution in [3.8, 4) is 40.3 Å². The van der Waals surface area contributed by atoms with Crippen LogP contribution in [0.25, 0.3) is 22.3 Å². The number of rotatable bonds is 7.